The fourth-order valence-electron chi connectivity index (χ4n) is 3.30. The summed E-state index contributed by atoms with van der Waals surface area (Å²) >= 11 is 5.98. The summed E-state index contributed by atoms with van der Waals surface area (Å²) in [4.78, 5) is 12.7. The van der Waals surface area contributed by atoms with Crippen molar-refractivity contribution in [1.82, 2.24) is 9.62 Å². The third-order valence-corrected chi connectivity index (χ3v) is 6.99. The van der Waals surface area contributed by atoms with Crippen molar-refractivity contribution < 1.29 is 27.1 Å². The van der Waals surface area contributed by atoms with Gasteiger partial charge >= 0.3 is 0 Å². The molecule has 7 nitrogen and oxygen atoms in total. The molecule has 1 unspecified atom stereocenters. The second kappa shape index (κ2) is 9.67. The molecule has 3 rings (SSSR count). The Morgan fingerprint density at radius 3 is 2.61 bits per heavy atom. The molecule has 10 heteroatoms. The van der Waals surface area contributed by atoms with Gasteiger partial charge in [-0.25, -0.2) is 12.8 Å². The van der Waals surface area contributed by atoms with Crippen LogP contribution in [0, 0.1) is 0 Å². The Hall–Kier alpha value is -2.62. The molecule has 0 fully saturated rings. The van der Waals surface area contributed by atoms with Gasteiger partial charge in [0.25, 0.3) is 0 Å². The highest BCUT2D eigenvalue weighted by Gasteiger charge is 2.39. The third-order valence-electron chi connectivity index (χ3n) is 4.88. The van der Waals surface area contributed by atoms with Gasteiger partial charge in [-0.05, 0) is 36.8 Å². The molecule has 0 saturated carbocycles. The number of rotatable bonds is 7. The predicted molar refractivity (Wildman–Crippen MR) is 114 cm³/mol. The summed E-state index contributed by atoms with van der Waals surface area (Å²) in [6, 6.07) is 10.1. The maximum Gasteiger partial charge on any atom is 0.247 e. The standard InChI is InChI=1S/C21H22ClFN2O5S/c1-29-18-6-4-3-5-14(18)12-24-21(26)17-9-8-16(23)13-25(17)31(27,28)20-11-15(22)7-10-19(20)30-2/h3-8,10-11,17H,9,12-13H2,1-2H3,(H,24,26). The summed E-state index contributed by atoms with van der Waals surface area (Å²) in [5.41, 5.74) is 0.724. The van der Waals surface area contributed by atoms with Gasteiger partial charge in [0.05, 0.1) is 20.8 Å². The Balaban J connectivity index is 1.89. The first kappa shape index (κ1) is 23.1. The van der Waals surface area contributed by atoms with Crippen molar-refractivity contribution in [2.24, 2.45) is 0 Å². The highest BCUT2D eigenvalue weighted by molar-refractivity contribution is 7.89. The molecular weight excluding hydrogens is 447 g/mol. The van der Waals surface area contributed by atoms with Crippen LogP contribution in [0.25, 0.3) is 0 Å². The SMILES string of the molecule is COc1ccccc1CNC(=O)C1CC=C(F)CN1S(=O)(=O)c1cc(Cl)ccc1OC. The molecule has 0 bridgehead atoms. The first-order valence-electron chi connectivity index (χ1n) is 9.37. The van der Waals surface area contributed by atoms with Gasteiger partial charge < -0.3 is 14.8 Å². The molecule has 0 radical (unpaired) electrons. The van der Waals surface area contributed by atoms with Crippen molar-refractivity contribution in [3.63, 3.8) is 0 Å². The summed E-state index contributed by atoms with van der Waals surface area (Å²) in [6.07, 6.45) is 1.11. The van der Waals surface area contributed by atoms with Gasteiger partial charge in [-0.2, -0.15) is 4.31 Å². The van der Waals surface area contributed by atoms with E-state index >= 15 is 0 Å². The highest BCUT2D eigenvalue weighted by atomic mass is 35.5. The van der Waals surface area contributed by atoms with E-state index in [0.29, 0.717) is 5.75 Å². The molecule has 166 valence electrons. The number of benzene rings is 2. The van der Waals surface area contributed by atoms with E-state index in [9.17, 15) is 17.6 Å². The van der Waals surface area contributed by atoms with Crippen LogP contribution in [0.3, 0.4) is 0 Å². The number of nitrogens with zero attached hydrogens (tertiary/aromatic N) is 1. The van der Waals surface area contributed by atoms with Crippen molar-refractivity contribution >= 4 is 27.5 Å². The minimum Gasteiger partial charge on any atom is -0.496 e. The summed E-state index contributed by atoms with van der Waals surface area (Å²) in [5.74, 6) is -0.560. The number of hydrogen-bond donors (Lipinski definition) is 1. The van der Waals surface area contributed by atoms with Gasteiger partial charge in [-0.3, -0.25) is 4.79 Å². The molecule has 1 N–H and O–H groups in total. The van der Waals surface area contributed by atoms with Crippen molar-refractivity contribution in [1.29, 1.82) is 0 Å². The Kier molecular flexibility index (Phi) is 7.19. The smallest absolute Gasteiger partial charge is 0.247 e. The fourth-order valence-corrected chi connectivity index (χ4v) is 5.28. The van der Waals surface area contributed by atoms with Crippen LogP contribution >= 0.6 is 11.6 Å². The maximum absolute atomic E-state index is 14.1. The van der Waals surface area contributed by atoms with Gasteiger partial charge in [-0.15, -0.1) is 0 Å². The topological polar surface area (TPSA) is 84.9 Å². The lowest BCUT2D eigenvalue weighted by molar-refractivity contribution is -0.125. The van der Waals surface area contributed by atoms with Gasteiger partial charge in [0.2, 0.25) is 15.9 Å². The summed E-state index contributed by atoms with van der Waals surface area (Å²) in [6.45, 7) is -0.440. The van der Waals surface area contributed by atoms with Gasteiger partial charge in [-0.1, -0.05) is 29.8 Å². The number of hydrogen-bond acceptors (Lipinski definition) is 5. The maximum atomic E-state index is 14.1. The second-order valence-electron chi connectivity index (χ2n) is 6.78. The number of amides is 1. The van der Waals surface area contributed by atoms with E-state index in [1.54, 1.807) is 24.3 Å². The number of carbonyl (C=O) groups is 1. The average molecular weight is 469 g/mol. The van der Waals surface area contributed by atoms with E-state index in [1.807, 2.05) is 0 Å². The molecule has 31 heavy (non-hydrogen) atoms. The van der Waals surface area contributed by atoms with E-state index in [-0.39, 0.29) is 28.6 Å². The van der Waals surface area contributed by atoms with Crippen LogP contribution in [0.15, 0.2) is 59.3 Å². The molecule has 1 heterocycles. The molecule has 1 aliphatic rings. The van der Waals surface area contributed by atoms with Crippen LogP contribution in [0.1, 0.15) is 12.0 Å². The predicted octanol–water partition coefficient (Wildman–Crippen LogP) is 3.29. The van der Waals surface area contributed by atoms with Crippen LogP contribution in [0.4, 0.5) is 4.39 Å². The molecule has 0 aliphatic carbocycles. The lowest BCUT2D eigenvalue weighted by Gasteiger charge is -2.32. The van der Waals surface area contributed by atoms with E-state index in [4.69, 9.17) is 21.1 Å². The highest BCUT2D eigenvalue weighted by Crippen LogP contribution is 2.33. The summed E-state index contributed by atoms with van der Waals surface area (Å²) < 4.78 is 52.0. The molecule has 1 atom stereocenters. The molecule has 2 aromatic carbocycles. The number of halogens is 2. The normalized spacial score (nSPS) is 17.0. The zero-order valence-electron chi connectivity index (χ0n) is 17.0. The summed E-state index contributed by atoms with van der Waals surface area (Å²) in [5, 5.41) is 2.89. The number of para-hydroxylation sites is 1. The fraction of sp³-hybridized carbons (Fsp3) is 0.286. The van der Waals surface area contributed by atoms with Crippen LogP contribution in [0.2, 0.25) is 5.02 Å². The second-order valence-corrected chi connectivity index (χ2v) is 9.07. The number of ether oxygens (including phenoxy) is 2. The monoisotopic (exact) mass is 468 g/mol. The van der Waals surface area contributed by atoms with Crippen LogP contribution in [-0.4, -0.2) is 45.4 Å². The molecule has 2 aromatic rings. The molecule has 0 saturated heterocycles. The third kappa shape index (κ3) is 5.00. The van der Waals surface area contributed by atoms with Crippen molar-refractivity contribution in [3.8, 4) is 11.5 Å². The zero-order chi connectivity index (χ0) is 22.6. The largest absolute Gasteiger partial charge is 0.496 e. The van der Waals surface area contributed by atoms with Gasteiger partial charge in [0, 0.05) is 17.1 Å². The molecule has 0 aromatic heterocycles. The number of carbonyl (C=O) groups excluding carboxylic acids is 1. The minimum atomic E-state index is -4.29. The average Bonchev–Trinajstić information content (AvgIpc) is 2.77. The molecule has 1 aliphatic heterocycles. The first-order chi connectivity index (χ1) is 14.8. The van der Waals surface area contributed by atoms with Gasteiger partial charge in [0.15, 0.2) is 0 Å². The Bertz CT molecular complexity index is 1110. The molecular formula is C21H22ClFN2O5S. The van der Waals surface area contributed by atoms with Gasteiger partial charge in [0.1, 0.15) is 28.3 Å². The van der Waals surface area contributed by atoms with E-state index < -0.39 is 34.3 Å². The number of methoxy groups -OCH3 is 2. The van der Waals surface area contributed by atoms with Crippen LogP contribution in [-0.2, 0) is 21.4 Å². The number of sulfonamides is 1. The quantitative estimate of drug-likeness (QED) is 0.674. The Labute approximate surface area is 185 Å². The van der Waals surface area contributed by atoms with Crippen LogP contribution in [0.5, 0.6) is 11.5 Å². The van der Waals surface area contributed by atoms with E-state index in [2.05, 4.69) is 5.32 Å². The Morgan fingerprint density at radius 1 is 1.19 bits per heavy atom. The van der Waals surface area contributed by atoms with Crippen molar-refractivity contribution in [2.75, 3.05) is 20.8 Å². The minimum absolute atomic E-state index is 0.0486. The van der Waals surface area contributed by atoms with Crippen molar-refractivity contribution in [2.45, 2.75) is 23.9 Å². The van der Waals surface area contributed by atoms with E-state index in [0.717, 1.165) is 9.87 Å². The lowest BCUT2D eigenvalue weighted by Crippen LogP contribution is -2.51. The Morgan fingerprint density at radius 2 is 1.90 bits per heavy atom. The van der Waals surface area contributed by atoms with E-state index in [1.165, 1.54) is 38.5 Å². The zero-order valence-corrected chi connectivity index (χ0v) is 18.5. The summed E-state index contributed by atoms with van der Waals surface area (Å²) in [7, 11) is -1.46. The molecule has 1 amide bonds. The van der Waals surface area contributed by atoms with Crippen LogP contribution < -0.4 is 14.8 Å². The molecule has 0 spiro atoms. The first-order valence-corrected chi connectivity index (χ1v) is 11.2. The lowest BCUT2D eigenvalue weighted by atomic mass is 10.1. The number of nitrogens with one attached hydrogen (secondary N) is 1. The van der Waals surface area contributed by atoms with Crippen molar-refractivity contribution in [3.05, 3.63) is 65.0 Å².